The zero-order valence-electron chi connectivity index (χ0n) is 8.38. The van der Waals surface area contributed by atoms with Crippen LogP contribution in [0.1, 0.15) is 18.5 Å². The summed E-state index contributed by atoms with van der Waals surface area (Å²) in [5.74, 6) is 1.80. The molecule has 0 bridgehead atoms. The smallest absolute Gasteiger partial charge is 0.0545 e. The molecule has 2 atom stereocenters. The molecule has 0 radical (unpaired) electrons. The van der Waals surface area contributed by atoms with Crippen LogP contribution in [0.4, 0.5) is 0 Å². The van der Waals surface area contributed by atoms with Gasteiger partial charge in [-0.2, -0.15) is 0 Å². The van der Waals surface area contributed by atoms with E-state index < -0.39 is 0 Å². The van der Waals surface area contributed by atoms with Crippen LogP contribution in [0.3, 0.4) is 0 Å². The van der Waals surface area contributed by atoms with Gasteiger partial charge in [-0.1, -0.05) is 30.7 Å². The monoisotopic (exact) mass is 227 g/mol. The number of benzene rings is 1. The summed E-state index contributed by atoms with van der Waals surface area (Å²) in [6.07, 6.45) is 0. The maximum Gasteiger partial charge on any atom is 0.0545 e. The van der Waals surface area contributed by atoms with Gasteiger partial charge in [-0.3, -0.25) is 0 Å². The minimum Gasteiger partial charge on any atom is -0.313 e. The molecular formula is C11H14ClNS. The second kappa shape index (κ2) is 4.13. The first-order valence-electron chi connectivity index (χ1n) is 4.82. The minimum absolute atomic E-state index is 0.449. The lowest BCUT2D eigenvalue weighted by molar-refractivity contribution is 0.437. The summed E-state index contributed by atoms with van der Waals surface area (Å²) in [6, 6.07) is 6.62. The van der Waals surface area contributed by atoms with Crippen molar-refractivity contribution in [2.75, 3.05) is 12.8 Å². The molecule has 0 amide bonds. The molecule has 1 nitrogen and oxygen atoms in total. The molecule has 0 saturated carbocycles. The highest BCUT2D eigenvalue weighted by atomic mass is 35.5. The molecule has 1 aromatic carbocycles. The molecule has 1 N–H and O–H groups in total. The van der Waals surface area contributed by atoms with Gasteiger partial charge in [0.25, 0.3) is 0 Å². The summed E-state index contributed by atoms with van der Waals surface area (Å²) in [5, 5.41) is 4.25. The fraction of sp³-hybridized carbons (Fsp3) is 0.455. The average molecular weight is 228 g/mol. The zero-order chi connectivity index (χ0) is 10.1. The van der Waals surface area contributed by atoms with E-state index in [2.05, 4.69) is 18.3 Å². The summed E-state index contributed by atoms with van der Waals surface area (Å²) < 4.78 is 0. The lowest BCUT2D eigenvalue weighted by atomic mass is 9.95. The third-order valence-electron chi connectivity index (χ3n) is 2.70. The SMILES string of the molecule is CNC1c2cccc(Cl)c2SCC1C. The molecule has 1 heterocycles. The Morgan fingerprint density at radius 3 is 3.00 bits per heavy atom. The van der Waals surface area contributed by atoms with Gasteiger partial charge in [-0.25, -0.2) is 0 Å². The van der Waals surface area contributed by atoms with Crippen molar-refractivity contribution in [3.63, 3.8) is 0 Å². The lowest BCUT2D eigenvalue weighted by Gasteiger charge is -2.31. The Morgan fingerprint density at radius 1 is 1.50 bits per heavy atom. The van der Waals surface area contributed by atoms with Gasteiger partial charge in [-0.05, 0) is 24.6 Å². The molecule has 0 saturated heterocycles. The van der Waals surface area contributed by atoms with Crippen LogP contribution in [0.25, 0.3) is 0 Å². The molecule has 0 spiro atoms. The van der Waals surface area contributed by atoms with Crippen molar-refractivity contribution < 1.29 is 0 Å². The molecule has 0 aromatic heterocycles. The molecule has 2 rings (SSSR count). The fourth-order valence-corrected chi connectivity index (χ4v) is 3.52. The first-order valence-corrected chi connectivity index (χ1v) is 6.19. The molecule has 3 heteroatoms. The number of fused-ring (bicyclic) bond motifs is 1. The number of halogens is 1. The highest BCUT2D eigenvalue weighted by Crippen LogP contribution is 2.42. The predicted molar refractivity (Wildman–Crippen MR) is 63.1 cm³/mol. The minimum atomic E-state index is 0.449. The molecule has 0 aliphatic carbocycles. The van der Waals surface area contributed by atoms with Crippen LogP contribution in [-0.2, 0) is 0 Å². The first kappa shape index (κ1) is 10.3. The van der Waals surface area contributed by atoms with Gasteiger partial charge >= 0.3 is 0 Å². The van der Waals surface area contributed by atoms with E-state index in [1.807, 2.05) is 30.9 Å². The van der Waals surface area contributed by atoms with Gasteiger partial charge in [0.15, 0.2) is 0 Å². The van der Waals surface area contributed by atoms with Gasteiger partial charge in [0.2, 0.25) is 0 Å². The molecule has 1 aliphatic rings. The van der Waals surface area contributed by atoms with Crippen molar-refractivity contribution in [2.45, 2.75) is 17.9 Å². The molecule has 14 heavy (non-hydrogen) atoms. The fourth-order valence-electron chi connectivity index (χ4n) is 1.98. The lowest BCUT2D eigenvalue weighted by Crippen LogP contribution is -2.28. The van der Waals surface area contributed by atoms with E-state index in [1.54, 1.807) is 0 Å². The van der Waals surface area contributed by atoms with Gasteiger partial charge in [0.05, 0.1) is 5.02 Å². The highest BCUT2D eigenvalue weighted by Gasteiger charge is 2.26. The molecule has 2 unspecified atom stereocenters. The Balaban J connectivity index is 2.46. The Morgan fingerprint density at radius 2 is 2.29 bits per heavy atom. The van der Waals surface area contributed by atoms with Crippen molar-refractivity contribution in [3.8, 4) is 0 Å². The van der Waals surface area contributed by atoms with Gasteiger partial charge in [0.1, 0.15) is 0 Å². The second-order valence-corrected chi connectivity index (χ2v) is 5.15. The summed E-state index contributed by atoms with van der Waals surface area (Å²) in [4.78, 5) is 1.26. The van der Waals surface area contributed by atoms with Crippen LogP contribution in [0.2, 0.25) is 5.02 Å². The summed E-state index contributed by atoms with van der Waals surface area (Å²) in [5.41, 5.74) is 1.35. The van der Waals surface area contributed by atoms with Crippen molar-refractivity contribution >= 4 is 23.4 Å². The molecule has 76 valence electrons. The third kappa shape index (κ3) is 1.67. The van der Waals surface area contributed by atoms with E-state index in [-0.39, 0.29) is 0 Å². The van der Waals surface area contributed by atoms with Gasteiger partial charge < -0.3 is 5.32 Å². The quantitative estimate of drug-likeness (QED) is 0.790. The second-order valence-electron chi connectivity index (χ2n) is 3.71. The van der Waals surface area contributed by atoms with Gasteiger partial charge in [0, 0.05) is 16.7 Å². The number of nitrogens with one attached hydrogen (secondary N) is 1. The van der Waals surface area contributed by atoms with E-state index in [9.17, 15) is 0 Å². The normalized spacial score (nSPS) is 25.9. The Bertz CT molecular complexity index is 340. The summed E-state index contributed by atoms with van der Waals surface area (Å²) >= 11 is 8.03. The van der Waals surface area contributed by atoms with Crippen LogP contribution in [-0.4, -0.2) is 12.8 Å². The topological polar surface area (TPSA) is 12.0 Å². The molecule has 0 fully saturated rings. The number of thioether (sulfide) groups is 1. The van der Waals surface area contributed by atoms with Crippen LogP contribution in [0, 0.1) is 5.92 Å². The van der Waals surface area contributed by atoms with Crippen molar-refractivity contribution in [3.05, 3.63) is 28.8 Å². The maximum absolute atomic E-state index is 6.16. The first-order chi connectivity index (χ1) is 6.74. The highest BCUT2D eigenvalue weighted by molar-refractivity contribution is 7.99. The van der Waals surface area contributed by atoms with E-state index in [1.165, 1.54) is 10.5 Å². The summed E-state index contributed by atoms with van der Waals surface area (Å²) in [7, 11) is 2.02. The number of rotatable bonds is 1. The molecule has 1 aromatic rings. The Kier molecular flexibility index (Phi) is 3.05. The number of hydrogen-bond acceptors (Lipinski definition) is 2. The van der Waals surface area contributed by atoms with E-state index in [0.717, 1.165) is 10.8 Å². The van der Waals surface area contributed by atoms with Crippen molar-refractivity contribution in [1.29, 1.82) is 0 Å². The van der Waals surface area contributed by atoms with E-state index in [0.29, 0.717) is 12.0 Å². The van der Waals surface area contributed by atoms with E-state index >= 15 is 0 Å². The molecular weight excluding hydrogens is 214 g/mol. The van der Waals surface area contributed by atoms with Gasteiger partial charge in [-0.15, -0.1) is 11.8 Å². The molecule has 1 aliphatic heterocycles. The number of hydrogen-bond donors (Lipinski definition) is 1. The largest absolute Gasteiger partial charge is 0.313 e. The third-order valence-corrected chi connectivity index (χ3v) is 4.57. The Labute approximate surface area is 94.2 Å². The van der Waals surface area contributed by atoms with E-state index in [4.69, 9.17) is 11.6 Å². The summed E-state index contributed by atoms with van der Waals surface area (Å²) in [6.45, 7) is 2.28. The zero-order valence-corrected chi connectivity index (χ0v) is 9.95. The Hall–Kier alpha value is -0.180. The standard InChI is InChI=1S/C11H14ClNS/c1-7-6-14-11-8(10(7)13-2)4-3-5-9(11)12/h3-5,7,10,13H,6H2,1-2H3. The van der Waals surface area contributed by atoms with Crippen molar-refractivity contribution in [2.24, 2.45) is 5.92 Å². The van der Waals surface area contributed by atoms with Crippen molar-refractivity contribution in [1.82, 2.24) is 5.32 Å². The van der Waals surface area contributed by atoms with Crippen LogP contribution < -0.4 is 5.32 Å². The van der Waals surface area contributed by atoms with Crippen LogP contribution in [0.15, 0.2) is 23.1 Å². The average Bonchev–Trinajstić information content (AvgIpc) is 2.18. The maximum atomic E-state index is 6.16. The predicted octanol–water partition coefficient (Wildman–Crippen LogP) is 3.34. The van der Waals surface area contributed by atoms with Crippen LogP contribution >= 0.6 is 23.4 Å². The van der Waals surface area contributed by atoms with Crippen LogP contribution in [0.5, 0.6) is 0 Å².